The van der Waals surface area contributed by atoms with Gasteiger partial charge in [-0.2, -0.15) is 0 Å². The molecule has 2 aliphatic heterocycles. The molecule has 2 aromatic rings. The molecular formula is C43H52N2O13. The van der Waals surface area contributed by atoms with Crippen molar-refractivity contribution in [2.75, 3.05) is 27.1 Å². The lowest BCUT2D eigenvalue weighted by Crippen LogP contribution is -2.53. The second kappa shape index (κ2) is 18.9. The van der Waals surface area contributed by atoms with E-state index >= 15 is 0 Å². The molecule has 0 unspecified atom stereocenters. The molecule has 2 heterocycles. The molecule has 0 bridgehead atoms. The van der Waals surface area contributed by atoms with Gasteiger partial charge in [0.15, 0.2) is 0 Å². The maximum atomic E-state index is 14.3. The summed E-state index contributed by atoms with van der Waals surface area (Å²) < 4.78 is 33.3. The van der Waals surface area contributed by atoms with Crippen molar-refractivity contribution in [3.63, 3.8) is 0 Å². The van der Waals surface area contributed by atoms with Gasteiger partial charge < -0.3 is 43.7 Å². The van der Waals surface area contributed by atoms with Gasteiger partial charge in [-0.15, -0.1) is 0 Å². The summed E-state index contributed by atoms with van der Waals surface area (Å²) in [4.78, 5) is 80.3. The molecule has 2 N–H and O–H groups in total. The van der Waals surface area contributed by atoms with E-state index in [0.717, 1.165) is 11.6 Å². The van der Waals surface area contributed by atoms with Crippen LogP contribution in [-0.4, -0.2) is 115 Å². The first kappa shape index (κ1) is 43.7. The number of hydrogen-bond donors (Lipinski definition) is 2. The number of carbonyl (C=O) groups is 6. The molecule has 0 saturated carbocycles. The summed E-state index contributed by atoms with van der Waals surface area (Å²) in [7, 11) is 1.49. The molecule has 2 amide bonds. The third kappa shape index (κ3) is 11.4. The molecule has 1 aliphatic carbocycles. The number of ether oxygens (including phenoxy) is 6. The number of benzene rings is 2. The largest absolute Gasteiger partial charge is 0.462 e. The van der Waals surface area contributed by atoms with E-state index < -0.39 is 89.8 Å². The quantitative estimate of drug-likeness (QED) is 0.151. The number of nitrogens with one attached hydrogen (secondary N) is 1. The van der Waals surface area contributed by atoms with E-state index in [-0.39, 0.29) is 50.2 Å². The van der Waals surface area contributed by atoms with Crippen molar-refractivity contribution in [3.05, 3.63) is 89.0 Å². The first-order chi connectivity index (χ1) is 27.5. The number of likely N-dealkylation sites (N-methyl/N-ethyl adjacent to an activating group) is 1. The standard InChI is InChI=1S/C43H52N2O13/c1-42(2,3)58-35(48)19-17-29(23-46)44-38(49)31(20-26-12-8-7-9-13-26)45(6)39(50)28-21-32-36(55-25-54-32)33(22-28)56-40(51)30-15-11-10-14-27(30)16-18-34(47)57-37-41(52)53-24-43(37,4)5/h7-16,18,21,29,31-33,36-37,46H,17,19-20,22-25H2,1-6H3,(H,44,49)/t29-,31+,32+,33+,36+,37-/m0/s1. The number of aliphatic hydroxyl groups is 1. The van der Waals surface area contributed by atoms with Crippen LogP contribution in [0.1, 0.15) is 75.4 Å². The molecule has 3 aliphatic rings. The summed E-state index contributed by atoms with van der Waals surface area (Å²) >= 11 is 0. The number of nitrogens with zero attached hydrogens (tertiary/aromatic N) is 1. The monoisotopic (exact) mass is 804 g/mol. The Kier molecular flexibility index (Phi) is 14.3. The lowest BCUT2D eigenvalue weighted by atomic mass is 9.90. The van der Waals surface area contributed by atoms with Crippen LogP contribution in [0.4, 0.5) is 0 Å². The Morgan fingerprint density at radius 2 is 1.72 bits per heavy atom. The molecule has 0 aromatic heterocycles. The molecule has 15 heteroatoms. The number of carbonyl (C=O) groups excluding carboxylic acids is 6. The molecule has 15 nitrogen and oxygen atoms in total. The molecule has 2 fully saturated rings. The van der Waals surface area contributed by atoms with Gasteiger partial charge in [0.05, 0.1) is 18.2 Å². The zero-order valence-corrected chi connectivity index (χ0v) is 33.6. The third-order valence-corrected chi connectivity index (χ3v) is 9.90. The number of rotatable bonds is 15. The maximum absolute atomic E-state index is 14.3. The van der Waals surface area contributed by atoms with E-state index in [1.165, 1.54) is 24.1 Å². The molecule has 2 saturated heterocycles. The van der Waals surface area contributed by atoms with Gasteiger partial charge in [0.25, 0.3) is 0 Å². The van der Waals surface area contributed by atoms with Crippen LogP contribution in [0.5, 0.6) is 0 Å². The summed E-state index contributed by atoms with van der Waals surface area (Å²) in [5.41, 5.74) is 0.0733. The lowest BCUT2D eigenvalue weighted by Gasteiger charge is -2.34. The average Bonchev–Trinajstić information content (AvgIpc) is 3.77. The number of hydrogen-bond acceptors (Lipinski definition) is 13. The van der Waals surface area contributed by atoms with Crippen molar-refractivity contribution in [3.8, 4) is 0 Å². The number of aliphatic hydroxyl groups excluding tert-OH is 1. The van der Waals surface area contributed by atoms with E-state index in [0.29, 0.717) is 5.56 Å². The smallest absolute Gasteiger partial charge is 0.348 e. The summed E-state index contributed by atoms with van der Waals surface area (Å²) in [6.07, 6.45) is 0.751. The molecule has 0 spiro atoms. The predicted octanol–water partition coefficient (Wildman–Crippen LogP) is 3.46. The molecule has 2 aromatic carbocycles. The lowest BCUT2D eigenvalue weighted by molar-refractivity contribution is -0.159. The average molecular weight is 805 g/mol. The second-order valence-corrected chi connectivity index (χ2v) is 16.2. The van der Waals surface area contributed by atoms with Gasteiger partial charge in [-0.1, -0.05) is 62.4 Å². The summed E-state index contributed by atoms with van der Waals surface area (Å²) in [6, 6.07) is 13.7. The minimum atomic E-state index is -1.07. The fourth-order valence-electron chi connectivity index (χ4n) is 6.79. The van der Waals surface area contributed by atoms with Gasteiger partial charge >= 0.3 is 23.9 Å². The highest BCUT2D eigenvalue weighted by atomic mass is 16.7. The molecule has 5 rings (SSSR count). The van der Waals surface area contributed by atoms with Crippen LogP contribution in [0.3, 0.4) is 0 Å². The van der Waals surface area contributed by atoms with E-state index in [9.17, 15) is 33.9 Å². The minimum Gasteiger partial charge on any atom is -0.462 e. The van der Waals surface area contributed by atoms with Gasteiger partial charge in [0, 0.05) is 43.4 Å². The number of fused-ring (bicyclic) bond motifs is 1. The highest BCUT2D eigenvalue weighted by Crippen LogP contribution is 2.33. The fourth-order valence-corrected chi connectivity index (χ4v) is 6.79. The van der Waals surface area contributed by atoms with Crippen LogP contribution < -0.4 is 5.32 Å². The Hall–Kier alpha value is -5.38. The highest BCUT2D eigenvalue weighted by molar-refractivity contribution is 5.98. The summed E-state index contributed by atoms with van der Waals surface area (Å²) in [5.74, 6) is -3.70. The van der Waals surface area contributed by atoms with Gasteiger partial charge in [-0.05, 0) is 56.5 Å². The highest BCUT2D eigenvalue weighted by Gasteiger charge is 2.47. The van der Waals surface area contributed by atoms with Crippen molar-refractivity contribution in [2.24, 2.45) is 5.41 Å². The second-order valence-electron chi connectivity index (χ2n) is 16.2. The zero-order chi connectivity index (χ0) is 42.2. The topological polar surface area (TPSA) is 193 Å². The van der Waals surface area contributed by atoms with Gasteiger partial charge in [-0.25, -0.2) is 14.4 Å². The van der Waals surface area contributed by atoms with Crippen LogP contribution >= 0.6 is 0 Å². The van der Waals surface area contributed by atoms with Crippen LogP contribution in [0.2, 0.25) is 0 Å². The Labute approximate surface area is 337 Å². The third-order valence-electron chi connectivity index (χ3n) is 9.90. The van der Waals surface area contributed by atoms with Gasteiger partial charge in [0.2, 0.25) is 17.9 Å². The molecule has 58 heavy (non-hydrogen) atoms. The van der Waals surface area contributed by atoms with Crippen LogP contribution in [-0.2, 0) is 58.8 Å². The van der Waals surface area contributed by atoms with Gasteiger partial charge in [-0.3, -0.25) is 14.4 Å². The predicted molar refractivity (Wildman–Crippen MR) is 207 cm³/mol. The maximum Gasteiger partial charge on any atom is 0.348 e. The van der Waals surface area contributed by atoms with Gasteiger partial charge in [0.1, 0.15) is 43.4 Å². The van der Waals surface area contributed by atoms with E-state index in [1.807, 2.05) is 30.3 Å². The van der Waals surface area contributed by atoms with Crippen molar-refractivity contribution < 1.29 is 62.3 Å². The molecule has 6 atom stereocenters. The SMILES string of the molecule is CN(C(=O)C1=C[C@H]2OCO[C@H]2[C@H](OC(=O)c2ccccc2C=CC(=O)O[C@H]2C(=O)OCC2(C)C)C1)[C@H](Cc1ccccc1)C(=O)N[C@H](CO)CCC(=O)OC(C)(C)C. The fraction of sp³-hybridized carbons (Fsp3) is 0.488. The van der Waals surface area contributed by atoms with Crippen molar-refractivity contribution in [2.45, 2.75) is 102 Å². The minimum absolute atomic E-state index is 0.0390. The van der Waals surface area contributed by atoms with Crippen LogP contribution in [0.25, 0.3) is 6.08 Å². The number of cyclic esters (lactones) is 1. The van der Waals surface area contributed by atoms with Crippen molar-refractivity contribution >= 4 is 41.8 Å². The molecule has 312 valence electrons. The summed E-state index contributed by atoms with van der Waals surface area (Å²) in [6.45, 7) is 8.31. The number of amides is 2. The normalized spacial score (nSPS) is 22.2. The Bertz CT molecular complexity index is 1900. The Morgan fingerprint density at radius 3 is 2.40 bits per heavy atom. The van der Waals surface area contributed by atoms with Crippen LogP contribution in [0, 0.1) is 5.41 Å². The van der Waals surface area contributed by atoms with Crippen molar-refractivity contribution in [1.82, 2.24) is 10.2 Å². The molecule has 0 radical (unpaired) electrons. The van der Waals surface area contributed by atoms with E-state index in [2.05, 4.69) is 5.32 Å². The summed E-state index contributed by atoms with van der Waals surface area (Å²) in [5, 5.41) is 12.9. The molecular weight excluding hydrogens is 752 g/mol. The zero-order valence-electron chi connectivity index (χ0n) is 33.6. The Balaban J connectivity index is 1.29. The van der Waals surface area contributed by atoms with E-state index in [4.69, 9.17) is 28.4 Å². The number of esters is 4. The van der Waals surface area contributed by atoms with Crippen LogP contribution in [0.15, 0.2) is 72.3 Å². The first-order valence-electron chi connectivity index (χ1n) is 19.2. The van der Waals surface area contributed by atoms with Crippen molar-refractivity contribution in [1.29, 1.82) is 0 Å². The Morgan fingerprint density at radius 1 is 1.02 bits per heavy atom. The first-order valence-corrected chi connectivity index (χ1v) is 19.2. The van der Waals surface area contributed by atoms with E-state index in [1.54, 1.807) is 58.9 Å².